The largest absolute Gasteiger partial charge is 0.480 e. The van der Waals surface area contributed by atoms with Crippen LogP contribution in [0.5, 0.6) is 0 Å². The molecule has 8 nitrogen and oxygen atoms in total. The average molecular weight is 509 g/mol. The third-order valence-electron chi connectivity index (χ3n) is 5.40. The molecule has 0 saturated carbocycles. The van der Waals surface area contributed by atoms with Crippen LogP contribution in [0.2, 0.25) is 0 Å². The molecule has 1 aliphatic rings. The van der Waals surface area contributed by atoms with Crippen LogP contribution in [0.3, 0.4) is 0 Å². The molecule has 1 fully saturated rings. The predicted molar refractivity (Wildman–Crippen MR) is 137 cm³/mol. The van der Waals surface area contributed by atoms with Gasteiger partial charge in [-0.1, -0.05) is 30.3 Å². The molecule has 1 aliphatic heterocycles. The summed E-state index contributed by atoms with van der Waals surface area (Å²) in [7, 11) is 0. The second-order valence-electron chi connectivity index (χ2n) is 10.8. The Morgan fingerprint density at radius 3 is 2.26 bits per heavy atom. The molecule has 0 aromatic heterocycles. The van der Waals surface area contributed by atoms with Crippen molar-refractivity contribution >= 4 is 29.8 Å². The first-order chi connectivity index (χ1) is 16.2. The van der Waals surface area contributed by atoms with Gasteiger partial charge < -0.3 is 19.9 Å². The molecule has 0 bridgehead atoms. The van der Waals surface area contributed by atoms with E-state index in [4.69, 9.17) is 9.47 Å². The minimum atomic E-state index is -1.10. The van der Waals surface area contributed by atoms with E-state index in [2.05, 4.69) is 22.3 Å². The monoisotopic (exact) mass is 508 g/mol. The lowest BCUT2D eigenvalue weighted by Crippen LogP contribution is -2.45. The topological polar surface area (TPSA) is 105 Å². The van der Waals surface area contributed by atoms with Crippen LogP contribution in [0.1, 0.15) is 66.4 Å². The summed E-state index contributed by atoms with van der Waals surface area (Å²) in [5, 5.41) is 11.9. The number of ether oxygens (including phenoxy) is 2. The van der Waals surface area contributed by atoms with Crippen molar-refractivity contribution in [3.63, 3.8) is 0 Å². The smallest absolute Gasteiger partial charge is 0.408 e. The number of hydrogen-bond donors (Lipinski definition) is 2. The van der Waals surface area contributed by atoms with Crippen molar-refractivity contribution in [2.75, 3.05) is 11.5 Å². The van der Waals surface area contributed by atoms with Crippen LogP contribution < -0.4 is 5.32 Å². The molecule has 0 radical (unpaired) electrons. The van der Waals surface area contributed by atoms with E-state index in [9.17, 15) is 19.5 Å². The van der Waals surface area contributed by atoms with Gasteiger partial charge in [0.05, 0.1) is 0 Å². The molecule has 1 heterocycles. The van der Waals surface area contributed by atoms with E-state index in [0.717, 1.165) is 24.8 Å². The van der Waals surface area contributed by atoms with Gasteiger partial charge in [-0.05, 0) is 72.1 Å². The molecular weight excluding hydrogens is 468 g/mol. The summed E-state index contributed by atoms with van der Waals surface area (Å²) in [5.74, 6) is -0.359. The van der Waals surface area contributed by atoms with Crippen molar-refractivity contribution in [2.24, 2.45) is 0 Å². The van der Waals surface area contributed by atoms with E-state index >= 15 is 0 Å². The number of carbonyl (C=O) groups excluding carboxylic acids is 2. The lowest BCUT2D eigenvalue weighted by molar-refractivity contribution is -0.161. The first kappa shape index (κ1) is 29.0. The van der Waals surface area contributed by atoms with E-state index in [1.54, 1.807) is 20.8 Å². The number of nitrogens with zero attached hydrogens (tertiary/aromatic N) is 1. The fraction of sp³-hybridized carbons (Fsp3) is 0.654. The Morgan fingerprint density at radius 1 is 1.06 bits per heavy atom. The van der Waals surface area contributed by atoms with Gasteiger partial charge in [0.15, 0.2) is 0 Å². The van der Waals surface area contributed by atoms with Gasteiger partial charge in [-0.15, -0.1) is 0 Å². The van der Waals surface area contributed by atoms with Crippen molar-refractivity contribution in [1.29, 1.82) is 0 Å². The second-order valence-corrected chi connectivity index (χ2v) is 12.0. The summed E-state index contributed by atoms with van der Waals surface area (Å²) in [6.07, 6.45) is 1.66. The summed E-state index contributed by atoms with van der Waals surface area (Å²) in [5.41, 5.74) is -0.111. The number of thioether (sulfide) groups is 1. The number of aliphatic carboxylic acids is 1. The quantitative estimate of drug-likeness (QED) is 0.353. The van der Waals surface area contributed by atoms with Crippen LogP contribution in [0.25, 0.3) is 0 Å². The predicted octanol–water partition coefficient (Wildman–Crippen LogP) is 4.46. The normalized spacial score (nSPS) is 19.7. The molecule has 1 aromatic rings. The number of benzene rings is 1. The lowest BCUT2D eigenvalue weighted by Gasteiger charge is -2.31. The van der Waals surface area contributed by atoms with Gasteiger partial charge in [-0.2, -0.15) is 11.8 Å². The Kier molecular flexibility index (Phi) is 10.5. The molecule has 0 unspecified atom stereocenters. The van der Waals surface area contributed by atoms with E-state index < -0.39 is 29.3 Å². The van der Waals surface area contributed by atoms with Crippen molar-refractivity contribution in [2.45, 2.75) is 96.7 Å². The Morgan fingerprint density at radius 2 is 1.69 bits per heavy atom. The molecule has 2 N–H and O–H groups in total. The summed E-state index contributed by atoms with van der Waals surface area (Å²) in [4.78, 5) is 38.7. The molecule has 35 heavy (non-hydrogen) atoms. The minimum absolute atomic E-state index is 0.183. The highest BCUT2D eigenvalue weighted by molar-refractivity contribution is 7.99. The first-order valence-corrected chi connectivity index (χ1v) is 13.2. The number of esters is 1. The van der Waals surface area contributed by atoms with Crippen molar-refractivity contribution in [1.82, 2.24) is 10.2 Å². The van der Waals surface area contributed by atoms with Gasteiger partial charge in [-0.25, -0.2) is 9.59 Å². The van der Waals surface area contributed by atoms with Crippen LogP contribution in [0.15, 0.2) is 30.3 Å². The van der Waals surface area contributed by atoms with Gasteiger partial charge in [0.2, 0.25) is 0 Å². The summed E-state index contributed by atoms with van der Waals surface area (Å²) in [6, 6.07) is 8.90. The molecular formula is C26H40N2O6S. The zero-order valence-electron chi connectivity index (χ0n) is 21.7. The lowest BCUT2D eigenvalue weighted by atomic mass is 10.1. The van der Waals surface area contributed by atoms with Crippen LogP contribution >= 0.6 is 11.8 Å². The maximum Gasteiger partial charge on any atom is 0.408 e. The fourth-order valence-corrected chi connectivity index (χ4v) is 5.02. The van der Waals surface area contributed by atoms with Gasteiger partial charge in [0.1, 0.15) is 23.3 Å². The molecule has 1 amide bonds. The number of hydrogen-bond acceptors (Lipinski definition) is 7. The van der Waals surface area contributed by atoms with Crippen molar-refractivity contribution in [3.8, 4) is 0 Å². The number of rotatable bonds is 10. The summed E-state index contributed by atoms with van der Waals surface area (Å²) in [6.45, 7) is 11.5. The SMILES string of the molecule is CC(C)(C)OC(=O)N[C@@H](CSCC[C@H]1CC[C@@H](C(=O)OC(C)(C)C)N1Cc1ccccc1)C(=O)O. The third-order valence-corrected chi connectivity index (χ3v) is 6.49. The van der Waals surface area contributed by atoms with E-state index in [1.807, 2.05) is 39.0 Å². The van der Waals surface area contributed by atoms with Crippen LogP contribution in [-0.2, 0) is 25.6 Å². The fourth-order valence-electron chi connectivity index (χ4n) is 3.95. The zero-order valence-corrected chi connectivity index (χ0v) is 22.5. The van der Waals surface area contributed by atoms with Gasteiger partial charge >= 0.3 is 18.0 Å². The number of likely N-dealkylation sites (tertiary alicyclic amines) is 1. The highest BCUT2D eigenvalue weighted by Crippen LogP contribution is 2.31. The van der Waals surface area contributed by atoms with E-state index in [0.29, 0.717) is 12.3 Å². The van der Waals surface area contributed by atoms with Gasteiger partial charge in [-0.3, -0.25) is 9.69 Å². The standard InChI is InChI=1S/C26H40N2O6S/c1-25(2,3)33-23(31)21-13-12-19(28(21)16-18-10-8-7-9-11-18)14-15-35-17-20(22(29)30)27-24(32)34-26(4,5)6/h7-11,19-21H,12-17H2,1-6H3,(H,27,32)(H,29,30)/t19-,20+,21+/m1/s1. The molecule has 9 heteroatoms. The number of alkyl carbamates (subject to hydrolysis) is 1. The van der Waals surface area contributed by atoms with E-state index in [-0.39, 0.29) is 23.8 Å². The molecule has 196 valence electrons. The molecule has 3 atom stereocenters. The number of carboxylic acids is 1. The second kappa shape index (κ2) is 12.6. The number of carbonyl (C=O) groups is 3. The van der Waals surface area contributed by atoms with Gasteiger partial charge in [0, 0.05) is 18.3 Å². The molecule has 2 rings (SSSR count). The van der Waals surface area contributed by atoms with Crippen molar-refractivity contribution < 1.29 is 29.0 Å². The Labute approximate surface area is 213 Å². The Bertz CT molecular complexity index is 850. The molecule has 0 spiro atoms. The number of carboxylic acid groups (broad SMARTS) is 1. The number of nitrogens with one attached hydrogen (secondary N) is 1. The van der Waals surface area contributed by atoms with Crippen molar-refractivity contribution in [3.05, 3.63) is 35.9 Å². The van der Waals surface area contributed by atoms with E-state index in [1.165, 1.54) is 11.8 Å². The maximum absolute atomic E-state index is 12.9. The number of amides is 1. The van der Waals surface area contributed by atoms with Gasteiger partial charge in [0.25, 0.3) is 0 Å². The van der Waals surface area contributed by atoms with Crippen LogP contribution in [-0.4, -0.2) is 68.9 Å². The van der Waals surface area contributed by atoms with Crippen LogP contribution in [0.4, 0.5) is 4.79 Å². The van der Waals surface area contributed by atoms with Crippen LogP contribution in [0, 0.1) is 0 Å². The average Bonchev–Trinajstić information content (AvgIpc) is 3.10. The molecule has 1 saturated heterocycles. The first-order valence-electron chi connectivity index (χ1n) is 12.1. The molecule has 0 aliphatic carbocycles. The summed E-state index contributed by atoms with van der Waals surface area (Å²) < 4.78 is 10.9. The maximum atomic E-state index is 12.9. The highest BCUT2D eigenvalue weighted by atomic mass is 32.2. The summed E-state index contributed by atoms with van der Waals surface area (Å²) >= 11 is 1.47. The zero-order chi connectivity index (χ0) is 26.2. The molecule has 1 aromatic carbocycles. The third kappa shape index (κ3) is 10.5. The Balaban J connectivity index is 1.96. The Hall–Kier alpha value is -2.26. The minimum Gasteiger partial charge on any atom is -0.480 e. The highest BCUT2D eigenvalue weighted by Gasteiger charge is 2.39.